The topological polar surface area (TPSA) is 56.2 Å². The van der Waals surface area contributed by atoms with E-state index in [2.05, 4.69) is 17.6 Å². The highest BCUT2D eigenvalue weighted by atomic mass is 32.1. The Bertz CT molecular complexity index is 197. The van der Waals surface area contributed by atoms with Crippen molar-refractivity contribution in [1.82, 2.24) is 4.98 Å². The molecule has 0 fully saturated rings. The summed E-state index contributed by atoms with van der Waals surface area (Å²) >= 11 is 3.95. The maximum absolute atomic E-state index is 8.53. The van der Waals surface area contributed by atoms with Crippen LogP contribution in [0.5, 0.6) is 0 Å². The third kappa shape index (κ3) is 1.48. The van der Waals surface area contributed by atoms with Gasteiger partial charge >= 0.3 is 0 Å². The first-order valence-corrected chi connectivity index (χ1v) is 2.88. The lowest BCUT2D eigenvalue weighted by atomic mass is 10.4. The van der Waals surface area contributed by atoms with Crippen LogP contribution in [0.25, 0.3) is 0 Å². The molecule has 0 unspecified atom stereocenters. The van der Waals surface area contributed by atoms with Crippen molar-refractivity contribution in [2.45, 2.75) is 11.2 Å². The standard InChI is InChI=1S/C5H7NO2S/c7-5(8)4-1-3(9)2-6-4/h1-2,5-9H. The molecule has 0 spiro atoms. The maximum atomic E-state index is 8.53. The van der Waals surface area contributed by atoms with E-state index in [4.69, 9.17) is 10.2 Å². The van der Waals surface area contributed by atoms with Gasteiger partial charge in [0.2, 0.25) is 0 Å². The van der Waals surface area contributed by atoms with E-state index in [-0.39, 0.29) is 0 Å². The molecule has 0 bridgehead atoms. The minimum atomic E-state index is -1.43. The molecule has 0 saturated carbocycles. The van der Waals surface area contributed by atoms with Gasteiger partial charge in [-0.05, 0) is 6.07 Å². The summed E-state index contributed by atoms with van der Waals surface area (Å²) in [4.78, 5) is 3.32. The van der Waals surface area contributed by atoms with Crippen molar-refractivity contribution >= 4 is 12.6 Å². The number of thiol groups is 1. The van der Waals surface area contributed by atoms with Gasteiger partial charge in [0.1, 0.15) is 0 Å². The van der Waals surface area contributed by atoms with Crippen molar-refractivity contribution in [2.24, 2.45) is 0 Å². The Morgan fingerprint density at radius 3 is 2.44 bits per heavy atom. The summed E-state index contributed by atoms with van der Waals surface area (Å²) in [5.74, 6) is 0. The molecule has 0 aromatic carbocycles. The number of H-pyrrole nitrogens is 1. The molecule has 1 heterocycles. The van der Waals surface area contributed by atoms with E-state index in [1.165, 1.54) is 0 Å². The lowest BCUT2D eigenvalue weighted by molar-refractivity contribution is -0.0455. The molecule has 1 aromatic heterocycles. The Labute approximate surface area is 57.7 Å². The van der Waals surface area contributed by atoms with Gasteiger partial charge in [-0.15, -0.1) is 12.6 Å². The number of hydrogen-bond donors (Lipinski definition) is 4. The van der Waals surface area contributed by atoms with Crippen LogP contribution >= 0.6 is 12.6 Å². The lowest BCUT2D eigenvalue weighted by Crippen LogP contribution is -1.93. The Morgan fingerprint density at radius 1 is 1.56 bits per heavy atom. The number of hydrogen-bond acceptors (Lipinski definition) is 3. The van der Waals surface area contributed by atoms with E-state index in [1.54, 1.807) is 12.3 Å². The number of nitrogens with one attached hydrogen (secondary N) is 1. The largest absolute Gasteiger partial charge is 0.363 e. The average molecular weight is 145 g/mol. The highest BCUT2D eigenvalue weighted by molar-refractivity contribution is 7.80. The van der Waals surface area contributed by atoms with Gasteiger partial charge in [-0.25, -0.2) is 0 Å². The zero-order chi connectivity index (χ0) is 6.85. The second kappa shape index (κ2) is 2.43. The normalized spacial score (nSPS) is 10.7. The Kier molecular flexibility index (Phi) is 1.80. The molecule has 3 N–H and O–H groups in total. The smallest absolute Gasteiger partial charge is 0.193 e. The van der Waals surface area contributed by atoms with Crippen LogP contribution in [0.1, 0.15) is 12.0 Å². The molecule has 0 radical (unpaired) electrons. The van der Waals surface area contributed by atoms with Crippen molar-refractivity contribution in [3.8, 4) is 0 Å². The second-order valence-electron chi connectivity index (χ2n) is 1.69. The summed E-state index contributed by atoms with van der Waals surface area (Å²) in [5.41, 5.74) is 0.361. The fourth-order valence-electron chi connectivity index (χ4n) is 0.549. The van der Waals surface area contributed by atoms with Gasteiger partial charge < -0.3 is 15.2 Å². The molecule has 0 aliphatic carbocycles. The van der Waals surface area contributed by atoms with Gasteiger partial charge in [-0.3, -0.25) is 0 Å². The molecular weight excluding hydrogens is 138 g/mol. The lowest BCUT2D eigenvalue weighted by Gasteiger charge is -1.95. The minimum absolute atomic E-state index is 0.361. The minimum Gasteiger partial charge on any atom is -0.363 e. The van der Waals surface area contributed by atoms with Gasteiger partial charge in [0.15, 0.2) is 6.29 Å². The average Bonchev–Trinajstić information content (AvgIpc) is 2.14. The molecule has 0 saturated heterocycles. The van der Waals surface area contributed by atoms with E-state index >= 15 is 0 Å². The second-order valence-corrected chi connectivity index (χ2v) is 2.20. The summed E-state index contributed by atoms with van der Waals surface area (Å²) in [6.45, 7) is 0. The van der Waals surface area contributed by atoms with Crippen molar-refractivity contribution in [2.75, 3.05) is 0 Å². The highest BCUT2D eigenvalue weighted by Gasteiger charge is 2.02. The number of aromatic nitrogens is 1. The summed E-state index contributed by atoms with van der Waals surface area (Å²) in [6.07, 6.45) is 0.156. The number of aliphatic hydroxyl groups is 2. The fourth-order valence-corrected chi connectivity index (χ4v) is 0.753. The summed E-state index contributed by atoms with van der Waals surface area (Å²) in [6, 6.07) is 1.55. The first-order valence-electron chi connectivity index (χ1n) is 2.43. The van der Waals surface area contributed by atoms with Gasteiger partial charge in [-0.2, -0.15) is 0 Å². The van der Waals surface area contributed by atoms with Crippen LogP contribution < -0.4 is 0 Å². The van der Waals surface area contributed by atoms with Gasteiger partial charge in [0.25, 0.3) is 0 Å². The van der Waals surface area contributed by atoms with Crippen LogP contribution in [0.3, 0.4) is 0 Å². The summed E-state index contributed by atoms with van der Waals surface area (Å²) in [7, 11) is 0. The Hall–Kier alpha value is -0.450. The summed E-state index contributed by atoms with van der Waals surface area (Å²) in [5, 5.41) is 17.1. The van der Waals surface area contributed by atoms with Crippen molar-refractivity contribution in [1.29, 1.82) is 0 Å². The van der Waals surface area contributed by atoms with Gasteiger partial charge in [0, 0.05) is 11.1 Å². The van der Waals surface area contributed by atoms with Crippen LogP contribution in [-0.2, 0) is 0 Å². The van der Waals surface area contributed by atoms with E-state index in [0.29, 0.717) is 10.6 Å². The number of aliphatic hydroxyl groups excluding tert-OH is 1. The third-order valence-electron chi connectivity index (χ3n) is 0.968. The molecule has 9 heavy (non-hydrogen) atoms. The predicted octanol–water partition coefficient (Wildman–Crippen LogP) is 0.287. The van der Waals surface area contributed by atoms with Crippen molar-refractivity contribution in [3.63, 3.8) is 0 Å². The first kappa shape index (κ1) is 6.67. The van der Waals surface area contributed by atoms with Crippen LogP contribution in [-0.4, -0.2) is 15.2 Å². The molecular formula is C5H7NO2S. The predicted molar refractivity (Wildman–Crippen MR) is 35.2 cm³/mol. The van der Waals surface area contributed by atoms with Crippen LogP contribution in [0, 0.1) is 0 Å². The molecule has 0 amide bonds. The Morgan fingerprint density at radius 2 is 2.22 bits per heavy atom. The molecule has 0 aliphatic rings. The van der Waals surface area contributed by atoms with Crippen LogP contribution in [0.4, 0.5) is 0 Å². The van der Waals surface area contributed by atoms with E-state index < -0.39 is 6.29 Å². The monoisotopic (exact) mass is 145 g/mol. The van der Waals surface area contributed by atoms with E-state index in [0.717, 1.165) is 0 Å². The zero-order valence-electron chi connectivity index (χ0n) is 4.57. The molecule has 0 atom stereocenters. The molecule has 1 rings (SSSR count). The molecule has 3 nitrogen and oxygen atoms in total. The first-order chi connectivity index (χ1) is 4.20. The van der Waals surface area contributed by atoms with E-state index in [1.807, 2.05) is 0 Å². The van der Waals surface area contributed by atoms with Crippen LogP contribution in [0.15, 0.2) is 17.2 Å². The fraction of sp³-hybridized carbons (Fsp3) is 0.200. The number of aromatic amines is 1. The Balaban J connectivity index is 2.85. The van der Waals surface area contributed by atoms with Crippen molar-refractivity contribution < 1.29 is 10.2 Å². The van der Waals surface area contributed by atoms with Gasteiger partial charge in [0.05, 0.1) is 5.69 Å². The molecule has 50 valence electrons. The highest BCUT2D eigenvalue weighted by Crippen LogP contribution is 2.12. The zero-order valence-corrected chi connectivity index (χ0v) is 5.47. The maximum Gasteiger partial charge on any atom is 0.193 e. The van der Waals surface area contributed by atoms with Crippen LogP contribution in [0.2, 0.25) is 0 Å². The molecule has 0 aliphatic heterocycles. The number of rotatable bonds is 1. The van der Waals surface area contributed by atoms with E-state index in [9.17, 15) is 0 Å². The quantitative estimate of drug-likeness (QED) is 0.339. The molecule has 4 heteroatoms. The van der Waals surface area contributed by atoms with Crippen molar-refractivity contribution in [3.05, 3.63) is 18.0 Å². The summed E-state index contributed by atoms with van der Waals surface area (Å²) < 4.78 is 0. The third-order valence-corrected chi connectivity index (χ3v) is 1.23. The SMILES string of the molecule is OC(O)c1cc(S)c[nH]1. The molecule has 1 aromatic rings. The van der Waals surface area contributed by atoms with Gasteiger partial charge in [-0.1, -0.05) is 0 Å².